The molecule has 2 aromatic rings. The molecule has 4 nitrogen and oxygen atoms in total. The fourth-order valence-electron chi connectivity index (χ4n) is 1.33. The van der Waals surface area contributed by atoms with E-state index in [9.17, 15) is 0 Å². The van der Waals surface area contributed by atoms with Crippen LogP contribution in [-0.2, 0) is 13.5 Å². The van der Waals surface area contributed by atoms with Gasteiger partial charge in [-0.1, -0.05) is 0 Å². The number of imidazole rings is 1. The van der Waals surface area contributed by atoms with E-state index in [0.29, 0.717) is 0 Å². The van der Waals surface area contributed by atoms with Crippen LogP contribution in [0.15, 0.2) is 17.8 Å². The summed E-state index contributed by atoms with van der Waals surface area (Å²) in [5.74, 6) is 0.906. The van der Waals surface area contributed by atoms with Crippen LogP contribution in [-0.4, -0.2) is 21.1 Å². The normalized spacial score (nSPS) is 10.5. The SMILES string of the molecule is Cc1csc(CCNc2nccn2C)n1. The van der Waals surface area contributed by atoms with Crippen LogP contribution in [0, 0.1) is 6.92 Å². The molecule has 0 amide bonds. The Morgan fingerprint density at radius 2 is 2.40 bits per heavy atom. The molecule has 0 saturated carbocycles. The Hall–Kier alpha value is -1.36. The molecule has 0 radical (unpaired) electrons. The van der Waals surface area contributed by atoms with Gasteiger partial charge in [0.05, 0.1) is 5.01 Å². The van der Waals surface area contributed by atoms with E-state index in [-0.39, 0.29) is 0 Å². The number of aryl methyl sites for hydroxylation is 2. The summed E-state index contributed by atoms with van der Waals surface area (Å²) >= 11 is 1.71. The van der Waals surface area contributed by atoms with Crippen molar-refractivity contribution in [2.75, 3.05) is 11.9 Å². The van der Waals surface area contributed by atoms with E-state index in [1.165, 1.54) is 5.01 Å². The van der Waals surface area contributed by atoms with Gasteiger partial charge in [0, 0.05) is 43.5 Å². The standard InChI is InChI=1S/C10H14N4S/c1-8-7-15-9(13-8)3-4-11-10-12-5-6-14(10)2/h5-7H,3-4H2,1-2H3,(H,11,12). The van der Waals surface area contributed by atoms with Crippen molar-refractivity contribution in [2.24, 2.45) is 7.05 Å². The van der Waals surface area contributed by atoms with Crippen LogP contribution in [0.5, 0.6) is 0 Å². The van der Waals surface area contributed by atoms with Gasteiger partial charge < -0.3 is 9.88 Å². The second-order valence-electron chi connectivity index (χ2n) is 3.42. The van der Waals surface area contributed by atoms with E-state index in [4.69, 9.17) is 0 Å². The highest BCUT2D eigenvalue weighted by Gasteiger charge is 2.00. The Kier molecular flexibility index (Phi) is 3.01. The van der Waals surface area contributed by atoms with Crippen LogP contribution in [0.3, 0.4) is 0 Å². The van der Waals surface area contributed by atoms with Gasteiger partial charge in [0.25, 0.3) is 0 Å². The van der Waals surface area contributed by atoms with Gasteiger partial charge in [-0.3, -0.25) is 0 Å². The molecule has 15 heavy (non-hydrogen) atoms. The lowest BCUT2D eigenvalue weighted by molar-refractivity contribution is 0.886. The van der Waals surface area contributed by atoms with Gasteiger partial charge in [-0.15, -0.1) is 11.3 Å². The lowest BCUT2D eigenvalue weighted by Crippen LogP contribution is -2.08. The minimum atomic E-state index is 0.873. The topological polar surface area (TPSA) is 42.7 Å². The third kappa shape index (κ3) is 2.56. The molecule has 0 spiro atoms. The number of hydrogen-bond acceptors (Lipinski definition) is 4. The van der Waals surface area contributed by atoms with Gasteiger partial charge in [0.2, 0.25) is 5.95 Å². The Morgan fingerprint density at radius 1 is 1.53 bits per heavy atom. The van der Waals surface area contributed by atoms with Crippen LogP contribution in [0.1, 0.15) is 10.7 Å². The largest absolute Gasteiger partial charge is 0.355 e. The molecular formula is C10H14N4S. The molecule has 0 fully saturated rings. The van der Waals surface area contributed by atoms with E-state index in [0.717, 1.165) is 24.6 Å². The average Bonchev–Trinajstić information content (AvgIpc) is 2.77. The zero-order chi connectivity index (χ0) is 10.7. The van der Waals surface area contributed by atoms with Crippen molar-refractivity contribution in [3.05, 3.63) is 28.5 Å². The first kappa shape index (κ1) is 10.2. The highest BCUT2D eigenvalue weighted by Crippen LogP contribution is 2.09. The Bertz CT molecular complexity index is 432. The first-order valence-corrected chi connectivity index (χ1v) is 5.76. The molecule has 1 N–H and O–H groups in total. The van der Waals surface area contributed by atoms with Gasteiger partial charge in [-0.25, -0.2) is 9.97 Å². The molecule has 0 aliphatic heterocycles. The average molecular weight is 222 g/mol. The van der Waals surface area contributed by atoms with Crippen molar-refractivity contribution in [3.63, 3.8) is 0 Å². The van der Waals surface area contributed by atoms with Crippen LogP contribution < -0.4 is 5.32 Å². The maximum Gasteiger partial charge on any atom is 0.202 e. The van der Waals surface area contributed by atoms with E-state index in [2.05, 4.69) is 20.7 Å². The highest BCUT2D eigenvalue weighted by atomic mass is 32.1. The van der Waals surface area contributed by atoms with Crippen molar-refractivity contribution in [1.82, 2.24) is 14.5 Å². The second kappa shape index (κ2) is 4.44. The Morgan fingerprint density at radius 3 is 3.00 bits per heavy atom. The smallest absolute Gasteiger partial charge is 0.202 e. The second-order valence-corrected chi connectivity index (χ2v) is 4.36. The van der Waals surface area contributed by atoms with Crippen molar-refractivity contribution < 1.29 is 0 Å². The lowest BCUT2D eigenvalue weighted by atomic mass is 10.4. The molecular weight excluding hydrogens is 208 g/mol. The van der Waals surface area contributed by atoms with Gasteiger partial charge in [0.15, 0.2) is 0 Å². The lowest BCUT2D eigenvalue weighted by Gasteiger charge is -2.03. The summed E-state index contributed by atoms with van der Waals surface area (Å²) in [6.45, 7) is 2.89. The van der Waals surface area contributed by atoms with E-state index >= 15 is 0 Å². The highest BCUT2D eigenvalue weighted by molar-refractivity contribution is 7.09. The number of thiazole rings is 1. The first-order chi connectivity index (χ1) is 7.25. The number of nitrogens with zero attached hydrogens (tertiary/aromatic N) is 3. The molecule has 0 aliphatic rings. The predicted octanol–water partition coefficient (Wildman–Crippen LogP) is 1.84. The summed E-state index contributed by atoms with van der Waals surface area (Å²) < 4.78 is 1.97. The minimum Gasteiger partial charge on any atom is -0.355 e. The van der Waals surface area contributed by atoms with Gasteiger partial charge in [-0.2, -0.15) is 0 Å². The maximum absolute atomic E-state index is 4.40. The van der Waals surface area contributed by atoms with Crippen molar-refractivity contribution in [3.8, 4) is 0 Å². The molecule has 0 atom stereocenters. The summed E-state index contributed by atoms with van der Waals surface area (Å²) in [5.41, 5.74) is 1.10. The Labute approximate surface area is 93.0 Å². The van der Waals surface area contributed by atoms with Gasteiger partial charge in [-0.05, 0) is 6.92 Å². The molecule has 2 rings (SSSR count). The van der Waals surface area contributed by atoms with E-state index in [1.54, 1.807) is 17.5 Å². The van der Waals surface area contributed by atoms with E-state index < -0.39 is 0 Å². The molecule has 2 heterocycles. The molecule has 2 aromatic heterocycles. The third-order valence-corrected chi connectivity index (χ3v) is 3.14. The minimum absolute atomic E-state index is 0.873. The predicted molar refractivity (Wildman–Crippen MR) is 62.3 cm³/mol. The number of rotatable bonds is 4. The molecule has 0 aromatic carbocycles. The molecule has 0 aliphatic carbocycles. The molecule has 0 unspecified atom stereocenters. The van der Waals surface area contributed by atoms with Crippen molar-refractivity contribution in [1.29, 1.82) is 0 Å². The van der Waals surface area contributed by atoms with Gasteiger partial charge in [0.1, 0.15) is 0 Å². The summed E-state index contributed by atoms with van der Waals surface area (Å²) in [6.07, 6.45) is 4.66. The molecule has 5 heteroatoms. The summed E-state index contributed by atoms with van der Waals surface area (Å²) in [6, 6.07) is 0. The zero-order valence-corrected chi connectivity index (χ0v) is 9.71. The third-order valence-electron chi connectivity index (χ3n) is 2.11. The molecule has 0 bridgehead atoms. The van der Waals surface area contributed by atoms with Crippen LogP contribution >= 0.6 is 11.3 Å². The maximum atomic E-state index is 4.40. The van der Waals surface area contributed by atoms with Crippen LogP contribution in [0.4, 0.5) is 5.95 Å². The van der Waals surface area contributed by atoms with Gasteiger partial charge >= 0.3 is 0 Å². The number of aromatic nitrogens is 3. The molecule has 0 saturated heterocycles. The summed E-state index contributed by atoms with van der Waals surface area (Å²) in [5, 5.41) is 6.52. The van der Waals surface area contributed by atoms with Crippen molar-refractivity contribution >= 4 is 17.3 Å². The fourth-order valence-corrected chi connectivity index (χ4v) is 2.11. The molecule has 80 valence electrons. The zero-order valence-electron chi connectivity index (χ0n) is 8.90. The number of anilines is 1. The number of hydrogen-bond donors (Lipinski definition) is 1. The monoisotopic (exact) mass is 222 g/mol. The summed E-state index contributed by atoms with van der Waals surface area (Å²) in [4.78, 5) is 8.59. The number of nitrogens with one attached hydrogen (secondary N) is 1. The van der Waals surface area contributed by atoms with Crippen LogP contribution in [0.2, 0.25) is 0 Å². The summed E-state index contributed by atoms with van der Waals surface area (Å²) in [7, 11) is 1.98. The van der Waals surface area contributed by atoms with Crippen LogP contribution in [0.25, 0.3) is 0 Å². The first-order valence-electron chi connectivity index (χ1n) is 4.88. The quantitative estimate of drug-likeness (QED) is 0.858. The Balaban J connectivity index is 1.83. The fraction of sp³-hybridized carbons (Fsp3) is 0.400. The van der Waals surface area contributed by atoms with E-state index in [1.807, 2.05) is 24.7 Å². The van der Waals surface area contributed by atoms with Crippen molar-refractivity contribution in [2.45, 2.75) is 13.3 Å².